The number of fused-ring (bicyclic) bond motifs is 3. The molecule has 5 rings (SSSR count). The molecule has 0 aliphatic rings. The second-order valence-electron chi connectivity index (χ2n) is 9.63. The Balaban J connectivity index is 1.81. The van der Waals surface area contributed by atoms with Crippen LogP contribution < -0.4 is 0 Å². The lowest BCUT2D eigenvalue weighted by Gasteiger charge is -2.35. The van der Waals surface area contributed by atoms with E-state index in [-0.39, 0.29) is 5.41 Å². The number of hydrogen-bond acceptors (Lipinski definition) is 1. The maximum Gasteiger partial charge on any atom is 0.0492 e. The highest BCUT2D eigenvalue weighted by molar-refractivity contribution is 7.99. The summed E-state index contributed by atoms with van der Waals surface area (Å²) in [4.78, 5) is 2.67. The van der Waals surface area contributed by atoms with E-state index in [2.05, 4.69) is 130 Å². The van der Waals surface area contributed by atoms with E-state index in [1.54, 1.807) is 0 Å². The van der Waals surface area contributed by atoms with Crippen molar-refractivity contribution in [2.45, 2.75) is 48.8 Å². The summed E-state index contributed by atoms with van der Waals surface area (Å²) in [5.74, 6) is 0.361. The third-order valence-electron chi connectivity index (χ3n) is 7.38. The van der Waals surface area contributed by atoms with Gasteiger partial charge in [0.05, 0.1) is 0 Å². The van der Waals surface area contributed by atoms with Crippen LogP contribution in [0.4, 0.5) is 0 Å². The number of para-hydroxylation sites is 1. The monoisotopic (exact) mass is 449 g/mol. The van der Waals surface area contributed by atoms with Gasteiger partial charge in [0.15, 0.2) is 0 Å². The Kier molecular flexibility index (Phi) is 5.58. The van der Waals surface area contributed by atoms with E-state index in [0.717, 1.165) is 0 Å². The first-order valence-corrected chi connectivity index (χ1v) is 12.5. The van der Waals surface area contributed by atoms with E-state index < -0.39 is 0 Å². The van der Waals surface area contributed by atoms with Crippen LogP contribution in [0.3, 0.4) is 0 Å². The van der Waals surface area contributed by atoms with Crippen molar-refractivity contribution in [1.82, 2.24) is 4.57 Å². The summed E-state index contributed by atoms with van der Waals surface area (Å²) in [6.45, 7) is 9.42. The summed E-state index contributed by atoms with van der Waals surface area (Å²) < 4.78 is 2.35. The van der Waals surface area contributed by atoms with Crippen molar-refractivity contribution in [2.24, 2.45) is 7.05 Å². The zero-order valence-electron chi connectivity index (χ0n) is 20.1. The maximum absolute atomic E-state index is 2.42. The van der Waals surface area contributed by atoms with Crippen LogP contribution in [0, 0.1) is 6.92 Å². The van der Waals surface area contributed by atoms with Crippen LogP contribution >= 0.6 is 11.8 Å². The molecule has 0 amide bonds. The van der Waals surface area contributed by atoms with Crippen LogP contribution in [0.5, 0.6) is 0 Å². The molecule has 1 unspecified atom stereocenters. The predicted octanol–water partition coefficient (Wildman–Crippen LogP) is 8.87. The number of hydrogen-bond donors (Lipinski definition) is 0. The van der Waals surface area contributed by atoms with Crippen LogP contribution in [0.25, 0.3) is 21.8 Å². The molecule has 4 aromatic carbocycles. The molecule has 0 fully saturated rings. The first-order chi connectivity index (χ1) is 15.9. The van der Waals surface area contributed by atoms with Crippen LogP contribution in [0.1, 0.15) is 43.4 Å². The van der Waals surface area contributed by atoms with Gasteiger partial charge in [0.1, 0.15) is 0 Å². The van der Waals surface area contributed by atoms with Crippen molar-refractivity contribution >= 4 is 33.6 Å². The minimum atomic E-state index is -0.0734. The first kappa shape index (κ1) is 21.9. The van der Waals surface area contributed by atoms with Crippen molar-refractivity contribution in [3.8, 4) is 0 Å². The summed E-state index contributed by atoms with van der Waals surface area (Å²) in [6, 6.07) is 33.1. The zero-order chi connectivity index (χ0) is 23.2. The molecule has 1 nitrogen and oxygen atoms in total. The van der Waals surface area contributed by atoms with E-state index in [9.17, 15) is 0 Å². The van der Waals surface area contributed by atoms with Gasteiger partial charge in [0.2, 0.25) is 0 Å². The number of aryl methyl sites for hydroxylation is 2. The van der Waals surface area contributed by atoms with Gasteiger partial charge >= 0.3 is 0 Å². The smallest absolute Gasteiger partial charge is 0.0492 e. The van der Waals surface area contributed by atoms with Gasteiger partial charge in [-0.25, -0.2) is 0 Å². The molecule has 0 spiro atoms. The van der Waals surface area contributed by atoms with Crippen LogP contribution in [0.15, 0.2) is 101 Å². The van der Waals surface area contributed by atoms with Crippen molar-refractivity contribution in [3.05, 3.63) is 108 Å². The minimum absolute atomic E-state index is 0.0734. The molecule has 0 aliphatic heterocycles. The van der Waals surface area contributed by atoms with Crippen LogP contribution in [-0.4, -0.2) is 4.57 Å². The summed E-state index contributed by atoms with van der Waals surface area (Å²) >= 11 is 1.90. The van der Waals surface area contributed by atoms with Crippen molar-refractivity contribution in [2.75, 3.05) is 0 Å². The Bertz CT molecular complexity index is 1440. The summed E-state index contributed by atoms with van der Waals surface area (Å²) in [6.07, 6.45) is 0. The number of nitrogens with zero attached hydrogens (tertiary/aromatic N) is 1. The third-order valence-corrected chi connectivity index (χ3v) is 8.62. The molecule has 2 heteroatoms. The second-order valence-corrected chi connectivity index (χ2v) is 10.7. The van der Waals surface area contributed by atoms with E-state index in [4.69, 9.17) is 0 Å². The highest BCUT2D eigenvalue weighted by atomic mass is 32.2. The molecule has 0 bridgehead atoms. The Morgan fingerprint density at radius 3 is 2.15 bits per heavy atom. The number of rotatable bonds is 5. The summed E-state index contributed by atoms with van der Waals surface area (Å²) in [5.41, 5.74) is 6.66. The SMILES string of the molecule is Cc1ccccc1Sc1ccc2c(c1C(C)(C)C(C)c1ccccc1)c1ccccc1n2C. The summed E-state index contributed by atoms with van der Waals surface area (Å²) in [7, 11) is 2.19. The van der Waals surface area contributed by atoms with E-state index in [1.165, 1.54) is 48.3 Å². The van der Waals surface area contributed by atoms with Gasteiger partial charge in [-0.05, 0) is 59.2 Å². The molecule has 0 radical (unpaired) electrons. The Hall–Kier alpha value is -2.97. The summed E-state index contributed by atoms with van der Waals surface area (Å²) in [5, 5.41) is 2.73. The Labute approximate surface area is 201 Å². The molecule has 1 aromatic heterocycles. The molecule has 1 atom stereocenters. The average molecular weight is 450 g/mol. The third kappa shape index (κ3) is 3.67. The topological polar surface area (TPSA) is 4.93 Å². The lowest BCUT2D eigenvalue weighted by Crippen LogP contribution is -2.26. The largest absolute Gasteiger partial charge is 0.344 e. The number of aromatic nitrogens is 1. The van der Waals surface area contributed by atoms with E-state index >= 15 is 0 Å². The molecule has 0 N–H and O–H groups in total. The Morgan fingerprint density at radius 2 is 1.39 bits per heavy atom. The fraction of sp³-hybridized carbons (Fsp3) is 0.226. The van der Waals surface area contributed by atoms with E-state index in [1.807, 2.05) is 11.8 Å². The fourth-order valence-electron chi connectivity index (χ4n) is 5.12. The van der Waals surface area contributed by atoms with Crippen molar-refractivity contribution in [3.63, 3.8) is 0 Å². The van der Waals surface area contributed by atoms with Gasteiger partial charge in [-0.3, -0.25) is 0 Å². The van der Waals surface area contributed by atoms with Crippen molar-refractivity contribution < 1.29 is 0 Å². The van der Waals surface area contributed by atoms with Gasteiger partial charge in [0, 0.05) is 38.6 Å². The van der Waals surface area contributed by atoms with Crippen molar-refractivity contribution in [1.29, 1.82) is 0 Å². The molecule has 5 aromatic rings. The molecule has 1 heterocycles. The zero-order valence-corrected chi connectivity index (χ0v) is 20.9. The van der Waals surface area contributed by atoms with Gasteiger partial charge < -0.3 is 4.57 Å². The molecule has 0 saturated carbocycles. The van der Waals surface area contributed by atoms with E-state index in [0.29, 0.717) is 5.92 Å². The molecular formula is C31H31NS. The molecular weight excluding hydrogens is 418 g/mol. The number of benzene rings is 4. The second kappa shape index (κ2) is 8.43. The van der Waals surface area contributed by atoms with Gasteiger partial charge in [-0.2, -0.15) is 0 Å². The van der Waals surface area contributed by atoms with Crippen LogP contribution in [-0.2, 0) is 12.5 Å². The average Bonchev–Trinajstić information content (AvgIpc) is 3.12. The van der Waals surface area contributed by atoms with Gasteiger partial charge in [0.25, 0.3) is 0 Å². The first-order valence-electron chi connectivity index (χ1n) is 11.7. The van der Waals surface area contributed by atoms with Crippen LogP contribution in [0.2, 0.25) is 0 Å². The quantitative estimate of drug-likeness (QED) is 0.259. The molecule has 166 valence electrons. The lowest BCUT2D eigenvalue weighted by atomic mass is 9.70. The Morgan fingerprint density at radius 1 is 0.727 bits per heavy atom. The maximum atomic E-state index is 2.42. The fourth-order valence-corrected chi connectivity index (χ4v) is 6.34. The highest BCUT2D eigenvalue weighted by Crippen LogP contribution is 2.49. The lowest BCUT2D eigenvalue weighted by molar-refractivity contribution is 0.433. The predicted molar refractivity (Wildman–Crippen MR) is 144 cm³/mol. The van der Waals surface area contributed by atoms with Gasteiger partial charge in [-0.1, -0.05) is 99.3 Å². The normalized spacial score (nSPS) is 13.0. The molecule has 0 aliphatic carbocycles. The highest BCUT2D eigenvalue weighted by Gasteiger charge is 2.34. The minimum Gasteiger partial charge on any atom is -0.344 e. The standard InChI is InChI=1S/C31H31NS/c1-21-13-9-12-18-27(21)33-28-20-19-26-29(24-16-10-11-17-25(24)32(26)5)30(28)31(3,4)22(2)23-14-7-6-8-15-23/h6-20,22H,1-5H3. The molecule has 0 saturated heterocycles. The van der Waals surface area contributed by atoms with Gasteiger partial charge in [-0.15, -0.1) is 0 Å². The molecule has 33 heavy (non-hydrogen) atoms.